The summed E-state index contributed by atoms with van der Waals surface area (Å²) in [5.41, 5.74) is 0.291. The highest BCUT2D eigenvalue weighted by molar-refractivity contribution is 7.99. The molecule has 1 saturated heterocycles. The Labute approximate surface area is 319 Å². The molecule has 5 rings (SSSR count). The molecule has 0 spiro atoms. The van der Waals surface area contributed by atoms with Crippen LogP contribution in [0.25, 0.3) is 0 Å². The van der Waals surface area contributed by atoms with Crippen LogP contribution in [0.3, 0.4) is 0 Å². The molecule has 4 aromatic rings. The molecule has 7 atom stereocenters. The van der Waals surface area contributed by atoms with Crippen molar-refractivity contribution >= 4 is 41.4 Å². The molecular formula is C37H41N7O10S. The number of rotatable bonds is 17. The summed E-state index contributed by atoms with van der Waals surface area (Å²) in [6.07, 6.45) is -2.72. The molecule has 0 aliphatic carbocycles. The van der Waals surface area contributed by atoms with Gasteiger partial charge in [0.15, 0.2) is 5.69 Å². The number of nitrogens with one attached hydrogen (secondary N) is 4. The van der Waals surface area contributed by atoms with Gasteiger partial charge in [-0.05, 0) is 23.3 Å². The normalized spacial score (nSPS) is 20.4. The van der Waals surface area contributed by atoms with E-state index in [2.05, 4.69) is 31.6 Å². The van der Waals surface area contributed by atoms with Gasteiger partial charge in [0.25, 0.3) is 5.91 Å². The maximum Gasteiger partial charge on any atom is 0.322 e. The van der Waals surface area contributed by atoms with Crippen molar-refractivity contribution < 1.29 is 49.1 Å². The Morgan fingerprint density at radius 3 is 1.87 bits per heavy atom. The van der Waals surface area contributed by atoms with E-state index in [1.807, 2.05) is 30.3 Å². The predicted octanol–water partition coefficient (Wildman–Crippen LogP) is -0.564. The Balaban J connectivity index is 1.28. The fourth-order valence-electron chi connectivity index (χ4n) is 5.78. The summed E-state index contributed by atoms with van der Waals surface area (Å²) in [5.74, 6) is -4.27. The Morgan fingerprint density at radius 1 is 0.764 bits per heavy atom. The Kier molecular flexibility index (Phi) is 14.4. The average molecular weight is 776 g/mol. The first-order chi connectivity index (χ1) is 26.5. The molecule has 290 valence electrons. The lowest BCUT2D eigenvalue weighted by Crippen LogP contribution is -2.55. The third-order valence-electron chi connectivity index (χ3n) is 8.57. The molecule has 1 aliphatic rings. The molecule has 55 heavy (non-hydrogen) atoms. The summed E-state index contributed by atoms with van der Waals surface area (Å²) in [4.78, 5) is 64.6. The van der Waals surface area contributed by atoms with E-state index in [0.717, 1.165) is 4.90 Å². The second-order valence-corrected chi connectivity index (χ2v) is 13.7. The standard InChI is InChI=1S/C37H41N7O10S/c45-21-28-32(49)33(50)31(37(54-28)55-24-14-8-3-9-15-24)44-20-27(42-43-44)36(53)41-26(17-23-12-6-2-7-13-23)35(52)38-18-29(46)40-25(34(51)39-19-30(47)48)16-22-10-4-1-5-11-22/h1-15,20,25-26,28,31-33,37,45,49-50H,16-19,21H2,(H,38,52)(H,39,51)(H,40,46)(H,41,53)(H,47,48)/t25-,26-,28+,31+,32-,33+,37+/m0/s1. The Morgan fingerprint density at radius 2 is 1.31 bits per heavy atom. The van der Waals surface area contributed by atoms with Crippen LogP contribution in [0.5, 0.6) is 0 Å². The maximum absolute atomic E-state index is 13.6. The van der Waals surface area contributed by atoms with Gasteiger partial charge in [0.2, 0.25) is 17.7 Å². The zero-order chi connectivity index (χ0) is 39.3. The van der Waals surface area contributed by atoms with E-state index in [1.165, 1.54) is 22.6 Å². The number of hydrogen-bond donors (Lipinski definition) is 8. The summed E-state index contributed by atoms with van der Waals surface area (Å²) in [7, 11) is 0. The van der Waals surface area contributed by atoms with E-state index in [4.69, 9.17) is 9.84 Å². The van der Waals surface area contributed by atoms with Gasteiger partial charge in [-0.2, -0.15) is 0 Å². The first kappa shape index (κ1) is 40.5. The van der Waals surface area contributed by atoms with Crippen molar-refractivity contribution in [3.8, 4) is 0 Å². The third-order valence-corrected chi connectivity index (χ3v) is 9.73. The quantitative estimate of drug-likeness (QED) is 0.0670. The number of carboxylic acids is 1. The van der Waals surface area contributed by atoms with Gasteiger partial charge in [0.05, 0.1) is 19.3 Å². The highest BCUT2D eigenvalue weighted by Gasteiger charge is 2.46. The summed E-state index contributed by atoms with van der Waals surface area (Å²) in [6.45, 7) is -1.78. The number of thioether (sulfide) groups is 1. The van der Waals surface area contributed by atoms with Crippen LogP contribution in [0.1, 0.15) is 27.7 Å². The van der Waals surface area contributed by atoms with Crippen LogP contribution in [0.15, 0.2) is 102 Å². The van der Waals surface area contributed by atoms with Crippen LogP contribution in [0.2, 0.25) is 0 Å². The first-order valence-corrected chi connectivity index (χ1v) is 18.1. The zero-order valence-electron chi connectivity index (χ0n) is 29.3. The Hall–Kier alpha value is -5.66. The van der Waals surface area contributed by atoms with Gasteiger partial charge in [-0.25, -0.2) is 4.68 Å². The van der Waals surface area contributed by atoms with Crippen LogP contribution < -0.4 is 21.3 Å². The molecule has 4 amide bonds. The smallest absolute Gasteiger partial charge is 0.322 e. The van der Waals surface area contributed by atoms with Crippen LogP contribution in [0.4, 0.5) is 0 Å². The van der Waals surface area contributed by atoms with Crippen molar-refractivity contribution in [2.45, 2.75) is 59.6 Å². The minimum Gasteiger partial charge on any atom is -0.480 e. The minimum atomic E-state index is -1.48. The predicted molar refractivity (Wildman–Crippen MR) is 196 cm³/mol. The summed E-state index contributed by atoms with van der Waals surface area (Å²) < 4.78 is 7.12. The lowest BCUT2D eigenvalue weighted by atomic mass is 9.98. The zero-order valence-corrected chi connectivity index (χ0v) is 30.1. The lowest BCUT2D eigenvalue weighted by Gasteiger charge is -2.41. The second kappa shape index (κ2) is 19.6. The van der Waals surface area contributed by atoms with Gasteiger partial charge in [-0.15, -0.1) is 5.10 Å². The molecule has 1 aromatic heterocycles. The van der Waals surface area contributed by atoms with E-state index in [1.54, 1.807) is 60.7 Å². The van der Waals surface area contributed by atoms with Crippen LogP contribution in [-0.4, -0.2) is 121 Å². The van der Waals surface area contributed by atoms with E-state index in [0.29, 0.717) is 11.1 Å². The second-order valence-electron chi connectivity index (χ2n) is 12.6. The average Bonchev–Trinajstić information content (AvgIpc) is 3.68. The third kappa shape index (κ3) is 11.4. The van der Waals surface area contributed by atoms with Gasteiger partial charge in [0, 0.05) is 17.7 Å². The van der Waals surface area contributed by atoms with Gasteiger partial charge < -0.3 is 46.4 Å². The molecule has 1 aliphatic heterocycles. The van der Waals surface area contributed by atoms with Crippen molar-refractivity contribution in [1.29, 1.82) is 0 Å². The number of aromatic nitrogens is 3. The topological polar surface area (TPSA) is 254 Å². The molecule has 1 fully saturated rings. The van der Waals surface area contributed by atoms with Crippen LogP contribution >= 0.6 is 11.8 Å². The number of carbonyl (C=O) groups excluding carboxylic acids is 4. The van der Waals surface area contributed by atoms with E-state index in [9.17, 15) is 39.3 Å². The molecule has 17 nitrogen and oxygen atoms in total. The highest BCUT2D eigenvalue weighted by Crippen LogP contribution is 2.39. The number of hydrogen-bond acceptors (Lipinski definition) is 12. The van der Waals surface area contributed by atoms with Crippen molar-refractivity contribution in [3.05, 3.63) is 114 Å². The molecule has 0 saturated carbocycles. The number of aliphatic hydroxyl groups is 3. The molecule has 8 N–H and O–H groups in total. The van der Waals surface area contributed by atoms with Crippen molar-refractivity contribution in [2.75, 3.05) is 19.7 Å². The van der Waals surface area contributed by atoms with Gasteiger partial charge in [-0.1, -0.05) is 95.8 Å². The van der Waals surface area contributed by atoms with Crippen molar-refractivity contribution in [3.63, 3.8) is 0 Å². The van der Waals surface area contributed by atoms with Gasteiger partial charge >= 0.3 is 5.97 Å². The Bertz CT molecular complexity index is 1900. The molecule has 0 radical (unpaired) electrons. The van der Waals surface area contributed by atoms with Gasteiger partial charge in [0.1, 0.15) is 48.4 Å². The molecule has 3 aromatic carbocycles. The number of benzene rings is 3. The van der Waals surface area contributed by atoms with E-state index in [-0.39, 0.29) is 18.5 Å². The molecule has 2 heterocycles. The SMILES string of the molecule is O=C(O)CNC(=O)[C@H](Cc1ccccc1)NC(=O)CNC(=O)[C@H](Cc1ccccc1)NC(=O)c1cn([C@@H]2[C@@H](O)[C@@H](O)[C@@H](CO)O[C@@H]2Sc2ccccc2)nn1. The van der Waals surface area contributed by atoms with Crippen LogP contribution in [-0.2, 0) is 36.8 Å². The number of ether oxygens (including phenoxy) is 1. The minimum absolute atomic E-state index is 0.0160. The number of aliphatic hydroxyl groups excluding tert-OH is 3. The molecule has 0 unspecified atom stereocenters. The largest absolute Gasteiger partial charge is 0.480 e. The van der Waals surface area contributed by atoms with Crippen molar-refractivity contribution in [1.82, 2.24) is 36.3 Å². The van der Waals surface area contributed by atoms with E-state index < -0.39 is 91.2 Å². The summed E-state index contributed by atoms with van der Waals surface area (Å²) in [6, 6.07) is 23.2. The van der Waals surface area contributed by atoms with Crippen LogP contribution in [0, 0.1) is 0 Å². The number of carboxylic acid groups (broad SMARTS) is 1. The molecular weight excluding hydrogens is 735 g/mol. The molecule has 18 heteroatoms. The number of amides is 4. The first-order valence-electron chi connectivity index (χ1n) is 17.2. The number of nitrogens with zero attached hydrogens (tertiary/aromatic N) is 3. The summed E-state index contributed by atoms with van der Waals surface area (Å²) in [5, 5.41) is 58.4. The fraction of sp³-hybridized carbons (Fsp3) is 0.324. The monoisotopic (exact) mass is 775 g/mol. The maximum atomic E-state index is 13.6. The van der Waals surface area contributed by atoms with E-state index >= 15 is 0 Å². The molecule has 0 bridgehead atoms. The number of carbonyl (C=O) groups is 5. The summed E-state index contributed by atoms with van der Waals surface area (Å²) >= 11 is 1.22. The number of aliphatic carboxylic acids is 1. The highest BCUT2D eigenvalue weighted by atomic mass is 32.2. The van der Waals surface area contributed by atoms with Crippen molar-refractivity contribution in [2.24, 2.45) is 0 Å². The lowest BCUT2D eigenvalue weighted by molar-refractivity contribution is -0.182. The fourth-order valence-corrected chi connectivity index (χ4v) is 6.98. The van der Waals surface area contributed by atoms with Gasteiger partial charge in [-0.3, -0.25) is 24.0 Å².